The number of aromatic nitrogens is 6. The zero-order valence-corrected chi connectivity index (χ0v) is 14.7. The first-order valence-corrected chi connectivity index (χ1v) is 9.42. The first-order chi connectivity index (χ1) is 12.8. The van der Waals surface area contributed by atoms with Crippen molar-refractivity contribution in [3.8, 4) is 0 Å². The number of H-pyrrole nitrogens is 2. The van der Waals surface area contributed by atoms with Crippen LogP contribution in [-0.2, 0) is 6.54 Å². The Bertz CT molecular complexity index is 1280. The lowest BCUT2D eigenvalue weighted by Crippen LogP contribution is -2.17. The minimum Gasteiger partial charge on any atom is -0.306 e. The number of hydrogen-bond acceptors (Lipinski definition) is 4. The van der Waals surface area contributed by atoms with E-state index in [1.807, 2.05) is 52.9 Å². The van der Waals surface area contributed by atoms with Crippen LogP contribution in [0.4, 0.5) is 0 Å². The molecule has 3 aromatic heterocycles. The second-order valence-corrected chi connectivity index (χ2v) is 7.13. The summed E-state index contributed by atoms with van der Waals surface area (Å²) in [7, 11) is 0. The molecule has 0 amide bonds. The number of nitrogens with zero attached hydrogens (tertiary/aromatic N) is 4. The van der Waals surface area contributed by atoms with E-state index in [0.29, 0.717) is 6.54 Å². The molecule has 0 aliphatic carbocycles. The summed E-state index contributed by atoms with van der Waals surface area (Å²) in [5.74, 6) is 1.61. The number of nitrogens with one attached hydrogen (secondary N) is 2. The smallest absolute Gasteiger partial charge is 0.306 e. The molecular formula is C18H16N6OS. The number of rotatable bonds is 5. The first-order valence-electron chi connectivity index (χ1n) is 8.43. The third-order valence-corrected chi connectivity index (χ3v) is 5.47. The van der Waals surface area contributed by atoms with Crippen molar-refractivity contribution in [2.45, 2.75) is 18.1 Å². The summed E-state index contributed by atoms with van der Waals surface area (Å²) in [6.07, 6.45) is 0.868. The number of imidazole rings is 2. The molecule has 2 N–H and O–H groups in total. The summed E-state index contributed by atoms with van der Waals surface area (Å²) in [5, 5.41) is 8.25. The van der Waals surface area contributed by atoms with Gasteiger partial charge in [0.1, 0.15) is 0 Å². The van der Waals surface area contributed by atoms with Gasteiger partial charge in [-0.1, -0.05) is 36.0 Å². The molecule has 5 aromatic rings. The van der Waals surface area contributed by atoms with Gasteiger partial charge in [0.05, 0.1) is 22.1 Å². The fourth-order valence-electron chi connectivity index (χ4n) is 3.25. The van der Waals surface area contributed by atoms with Crippen molar-refractivity contribution in [3.05, 3.63) is 59.0 Å². The normalized spacial score (nSPS) is 11.8. The van der Waals surface area contributed by atoms with E-state index in [1.165, 1.54) is 0 Å². The van der Waals surface area contributed by atoms with Crippen molar-refractivity contribution in [1.82, 2.24) is 29.1 Å². The number of aryl methyl sites for hydroxylation is 1. The topological polar surface area (TPSA) is 83.8 Å². The quantitative estimate of drug-likeness (QED) is 0.371. The molecule has 0 spiro atoms. The fraction of sp³-hybridized carbons (Fsp3) is 0.167. The average Bonchev–Trinajstić information content (AvgIpc) is 3.31. The number of para-hydroxylation sites is 4. The van der Waals surface area contributed by atoms with E-state index in [9.17, 15) is 4.79 Å². The van der Waals surface area contributed by atoms with Gasteiger partial charge < -0.3 is 4.98 Å². The molecule has 0 saturated carbocycles. The van der Waals surface area contributed by atoms with E-state index in [1.54, 1.807) is 16.3 Å². The zero-order chi connectivity index (χ0) is 17.5. The molecule has 26 heavy (non-hydrogen) atoms. The van der Waals surface area contributed by atoms with Crippen molar-refractivity contribution < 1.29 is 0 Å². The van der Waals surface area contributed by atoms with Gasteiger partial charge in [0, 0.05) is 12.3 Å². The van der Waals surface area contributed by atoms with Crippen LogP contribution in [0, 0.1) is 0 Å². The van der Waals surface area contributed by atoms with Gasteiger partial charge in [-0.3, -0.25) is 8.97 Å². The molecular weight excluding hydrogens is 348 g/mol. The van der Waals surface area contributed by atoms with Crippen LogP contribution < -0.4 is 5.69 Å². The molecule has 130 valence electrons. The van der Waals surface area contributed by atoms with Crippen molar-refractivity contribution in [2.24, 2.45) is 0 Å². The van der Waals surface area contributed by atoms with Gasteiger partial charge in [-0.05, 0) is 30.7 Å². The Morgan fingerprint density at radius 2 is 1.85 bits per heavy atom. The Morgan fingerprint density at radius 3 is 2.77 bits per heavy atom. The van der Waals surface area contributed by atoms with Gasteiger partial charge in [-0.15, -0.1) is 5.10 Å². The average molecular weight is 364 g/mol. The summed E-state index contributed by atoms with van der Waals surface area (Å²) >= 11 is 1.66. The number of fused-ring (bicyclic) bond motifs is 4. The third-order valence-electron chi connectivity index (χ3n) is 4.44. The molecule has 2 aromatic carbocycles. The van der Waals surface area contributed by atoms with Crippen LogP contribution >= 0.6 is 11.8 Å². The van der Waals surface area contributed by atoms with Crippen LogP contribution in [0.3, 0.4) is 0 Å². The maximum absolute atomic E-state index is 12.1. The minimum atomic E-state index is -0.0565. The summed E-state index contributed by atoms with van der Waals surface area (Å²) in [6, 6.07) is 15.8. The summed E-state index contributed by atoms with van der Waals surface area (Å²) in [6.45, 7) is 0.675. The lowest BCUT2D eigenvalue weighted by Gasteiger charge is -2.03. The SMILES string of the molecule is O=c1[nH]c2ccccc2n1CCCSc1n[nH]c2nc3ccccc3n12. The lowest BCUT2D eigenvalue weighted by molar-refractivity contribution is 0.679. The third kappa shape index (κ3) is 2.41. The molecule has 7 nitrogen and oxygen atoms in total. The Kier molecular flexibility index (Phi) is 3.56. The molecule has 0 fully saturated rings. The number of hydrogen-bond donors (Lipinski definition) is 2. The van der Waals surface area contributed by atoms with Crippen LogP contribution in [-0.4, -0.2) is 34.9 Å². The Hall–Kier alpha value is -3.00. The van der Waals surface area contributed by atoms with Crippen LogP contribution in [0.2, 0.25) is 0 Å². The van der Waals surface area contributed by atoms with Crippen LogP contribution in [0.25, 0.3) is 27.8 Å². The molecule has 0 bridgehead atoms. The van der Waals surface area contributed by atoms with E-state index in [2.05, 4.69) is 20.2 Å². The van der Waals surface area contributed by atoms with Gasteiger partial charge in [0.15, 0.2) is 5.16 Å². The number of benzene rings is 2. The monoisotopic (exact) mass is 364 g/mol. The zero-order valence-electron chi connectivity index (χ0n) is 13.8. The maximum Gasteiger partial charge on any atom is 0.326 e. The van der Waals surface area contributed by atoms with Gasteiger partial charge in [-0.25, -0.2) is 14.9 Å². The summed E-state index contributed by atoms with van der Waals surface area (Å²) in [5.41, 5.74) is 3.77. The standard InChI is InChI=1S/C18H16N6OS/c25-17-20-12-6-1-3-8-14(12)23(17)10-5-11-26-18-22-21-16-19-13-7-2-4-9-15(13)24(16)18/h1-4,6-9H,5,10-11H2,(H,19,21)(H,20,25). The summed E-state index contributed by atoms with van der Waals surface area (Å²) < 4.78 is 3.83. The van der Waals surface area contributed by atoms with Crippen molar-refractivity contribution >= 4 is 39.6 Å². The largest absolute Gasteiger partial charge is 0.326 e. The van der Waals surface area contributed by atoms with Gasteiger partial charge in [0.25, 0.3) is 0 Å². The Balaban J connectivity index is 1.33. The fourth-order valence-corrected chi connectivity index (χ4v) is 4.13. The van der Waals surface area contributed by atoms with Gasteiger partial charge in [0.2, 0.25) is 5.78 Å². The van der Waals surface area contributed by atoms with Crippen LogP contribution in [0.5, 0.6) is 0 Å². The molecule has 5 rings (SSSR count). The van der Waals surface area contributed by atoms with E-state index in [4.69, 9.17) is 0 Å². The molecule has 0 aliphatic rings. The molecule has 0 aliphatic heterocycles. The maximum atomic E-state index is 12.1. The van der Waals surface area contributed by atoms with Gasteiger partial charge in [-0.2, -0.15) is 0 Å². The summed E-state index contributed by atoms with van der Waals surface area (Å²) in [4.78, 5) is 19.5. The van der Waals surface area contributed by atoms with Crippen molar-refractivity contribution in [1.29, 1.82) is 0 Å². The molecule has 0 radical (unpaired) electrons. The Labute approximate surface area is 152 Å². The highest BCUT2D eigenvalue weighted by Gasteiger charge is 2.12. The van der Waals surface area contributed by atoms with Crippen molar-refractivity contribution in [2.75, 3.05) is 5.75 Å². The highest BCUT2D eigenvalue weighted by Crippen LogP contribution is 2.23. The van der Waals surface area contributed by atoms with E-state index in [-0.39, 0.29) is 5.69 Å². The van der Waals surface area contributed by atoms with Crippen molar-refractivity contribution in [3.63, 3.8) is 0 Å². The highest BCUT2D eigenvalue weighted by atomic mass is 32.2. The van der Waals surface area contributed by atoms with E-state index < -0.39 is 0 Å². The Morgan fingerprint density at radius 1 is 1.04 bits per heavy atom. The predicted molar refractivity (Wildman–Crippen MR) is 103 cm³/mol. The second-order valence-electron chi connectivity index (χ2n) is 6.07. The van der Waals surface area contributed by atoms with Gasteiger partial charge >= 0.3 is 5.69 Å². The highest BCUT2D eigenvalue weighted by molar-refractivity contribution is 7.99. The molecule has 0 atom stereocenters. The molecule has 0 saturated heterocycles. The van der Waals surface area contributed by atoms with Crippen LogP contribution in [0.15, 0.2) is 58.5 Å². The lowest BCUT2D eigenvalue weighted by atomic mass is 10.3. The van der Waals surface area contributed by atoms with E-state index >= 15 is 0 Å². The second kappa shape index (κ2) is 6.06. The number of aromatic amines is 2. The minimum absolute atomic E-state index is 0.0565. The number of thioether (sulfide) groups is 1. The molecule has 8 heteroatoms. The van der Waals surface area contributed by atoms with Crippen LogP contribution in [0.1, 0.15) is 6.42 Å². The first kappa shape index (κ1) is 15.3. The molecule has 0 unspecified atom stereocenters. The molecule has 3 heterocycles. The predicted octanol–water partition coefficient (Wildman–Crippen LogP) is 3.04. The van der Waals surface area contributed by atoms with E-state index in [0.717, 1.165) is 45.2 Å².